The molecule has 0 atom stereocenters. The van der Waals surface area contributed by atoms with Crippen LogP contribution >= 0.6 is 0 Å². The predicted octanol–water partition coefficient (Wildman–Crippen LogP) is -0.0250. The quantitative estimate of drug-likeness (QED) is 0.584. The van der Waals surface area contributed by atoms with Crippen LogP contribution in [-0.2, 0) is 4.79 Å². The minimum absolute atomic E-state index is 0.0178. The number of carbonyl (C=O) groups is 2. The number of nitrogen functional groups attached to an aromatic ring is 1. The van der Waals surface area contributed by atoms with Gasteiger partial charge in [-0.3, -0.25) is 9.59 Å². The highest BCUT2D eigenvalue weighted by Crippen LogP contribution is 2.23. The van der Waals surface area contributed by atoms with Gasteiger partial charge in [-0.1, -0.05) is 0 Å². The highest BCUT2D eigenvalue weighted by Gasteiger charge is 2.23. The summed E-state index contributed by atoms with van der Waals surface area (Å²) in [7, 11) is 1.64. The molecular formula is C10H11N3O2. The number of amides is 2. The van der Waals surface area contributed by atoms with E-state index in [9.17, 15) is 9.59 Å². The first-order chi connectivity index (χ1) is 7.09. The molecule has 0 fully saturated rings. The third-order valence-electron chi connectivity index (χ3n) is 2.40. The summed E-state index contributed by atoms with van der Waals surface area (Å²) in [5.74, 6) is -0.415. The Balaban J connectivity index is 2.59. The van der Waals surface area contributed by atoms with E-state index >= 15 is 0 Å². The van der Waals surface area contributed by atoms with Crippen LogP contribution in [0.15, 0.2) is 18.2 Å². The molecule has 0 unspecified atom stereocenters. The van der Waals surface area contributed by atoms with Crippen molar-refractivity contribution >= 4 is 23.2 Å². The van der Waals surface area contributed by atoms with E-state index < -0.39 is 0 Å². The van der Waals surface area contributed by atoms with Gasteiger partial charge in [-0.25, -0.2) is 0 Å². The van der Waals surface area contributed by atoms with Crippen molar-refractivity contribution < 1.29 is 9.59 Å². The molecule has 2 amide bonds. The van der Waals surface area contributed by atoms with Gasteiger partial charge in [0, 0.05) is 12.7 Å². The normalized spacial score (nSPS) is 15.7. The second kappa shape index (κ2) is 3.27. The average Bonchev–Trinajstić information content (AvgIpc) is 2.32. The van der Waals surface area contributed by atoms with Gasteiger partial charge < -0.3 is 16.0 Å². The van der Waals surface area contributed by atoms with E-state index in [1.54, 1.807) is 25.2 Å². The molecule has 1 aromatic carbocycles. The lowest BCUT2D eigenvalue weighted by Gasteiger charge is -2.16. The van der Waals surface area contributed by atoms with Crippen molar-refractivity contribution in [3.05, 3.63) is 23.8 Å². The molecule has 1 heterocycles. The third-order valence-corrected chi connectivity index (χ3v) is 2.40. The Morgan fingerprint density at radius 3 is 2.87 bits per heavy atom. The second-order valence-electron chi connectivity index (χ2n) is 3.41. The highest BCUT2D eigenvalue weighted by atomic mass is 16.2. The maximum Gasteiger partial charge on any atom is 0.253 e. The van der Waals surface area contributed by atoms with Gasteiger partial charge in [-0.15, -0.1) is 0 Å². The van der Waals surface area contributed by atoms with E-state index in [0.717, 1.165) is 0 Å². The van der Waals surface area contributed by atoms with Crippen molar-refractivity contribution in [3.8, 4) is 0 Å². The van der Waals surface area contributed by atoms with Crippen molar-refractivity contribution in [1.82, 2.24) is 5.32 Å². The van der Waals surface area contributed by atoms with Crippen molar-refractivity contribution in [2.45, 2.75) is 0 Å². The number of nitrogens with zero attached hydrogens (tertiary/aromatic N) is 1. The molecule has 0 radical (unpaired) electrons. The molecule has 0 bridgehead atoms. The molecule has 1 aromatic rings. The van der Waals surface area contributed by atoms with E-state index in [1.165, 1.54) is 4.90 Å². The topological polar surface area (TPSA) is 75.4 Å². The zero-order valence-corrected chi connectivity index (χ0v) is 8.28. The Bertz CT molecular complexity index is 442. The zero-order chi connectivity index (χ0) is 11.0. The van der Waals surface area contributed by atoms with Crippen molar-refractivity contribution in [3.63, 3.8) is 0 Å². The molecule has 1 aliphatic heterocycles. The van der Waals surface area contributed by atoms with Crippen LogP contribution < -0.4 is 16.0 Å². The molecule has 1 aliphatic rings. The fourth-order valence-electron chi connectivity index (χ4n) is 1.53. The number of anilines is 2. The Labute approximate surface area is 86.9 Å². The first kappa shape index (κ1) is 9.51. The van der Waals surface area contributed by atoms with Gasteiger partial charge in [0.05, 0.1) is 17.8 Å². The molecule has 0 saturated heterocycles. The zero-order valence-electron chi connectivity index (χ0n) is 8.28. The summed E-state index contributed by atoms with van der Waals surface area (Å²) in [5.41, 5.74) is 7.12. The Morgan fingerprint density at radius 1 is 1.40 bits per heavy atom. The fraction of sp³-hybridized carbons (Fsp3) is 0.200. The summed E-state index contributed by atoms with van der Waals surface area (Å²) in [6.07, 6.45) is 0. The van der Waals surface area contributed by atoms with Gasteiger partial charge in [-0.2, -0.15) is 0 Å². The Morgan fingerprint density at radius 2 is 2.13 bits per heavy atom. The van der Waals surface area contributed by atoms with Crippen LogP contribution in [0.4, 0.5) is 11.4 Å². The SMILES string of the molecule is CN1C(=O)CNC(=O)c2cc(N)ccc21. The van der Waals surface area contributed by atoms with Crippen LogP contribution in [0, 0.1) is 0 Å². The van der Waals surface area contributed by atoms with Gasteiger partial charge in [-0.05, 0) is 18.2 Å². The van der Waals surface area contributed by atoms with Crippen LogP contribution in [0.5, 0.6) is 0 Å². The van der Waals surface area contributed by atoms with Gasteiger partial charge in [0.15, 0.2) is 0 Å². The number of benzene rings is 1. The summed E-state index contributed by atoms with van der Waals surface area (Å²) < 4.78 is 0. The predicted molar refractivity (Wildman–Crippen MR) is 56.6 cm³/mol. The first-order valence-corrected chi connectivity index (χ1v) is 4.54. The Kier molecular flexibility index (Phi) is 2.07. The molecule has 5 nitrogen and oxygen atoms in total. The molecule has 0 aromatic heterocycles. The number of likely N-dealkylation sites (N-methyl/N-ethyl adjacent to an activating group) is 1. The molecule has 0 spiro atoms. The monoisotopic (exact) mass is 205 g/mol. The first-order valence-electron chi connectivity index (χ1n) is 4.54. The van der Waals surface area contributed by atoms with Gasteiger partial charge in [0.2, 0.25) is 5.91 Å². The lowest BCUT2D eigenvalue weighted by Crippen LogP contribution is -2.33. The summed E-state index contributed by atoms with van der Waals surface area (Å²) >= 11 is 0. The smallest absolute Gasteiger partial charge is 0.253 e. The number of rotatable bonds is 0. The van der Waals surface area contributed by atoms with Crippen molar-refractivity contribution in [2.75, 3.05) is 24.2 Å². The summed E-state index contributed by atoms with van der Waals surface area (Å²) in [5, 5.41) is 2.52. The fourth-order valence-corrected chi connectivity index (χ4v) is 1.53. The van der Waals surface area contributed by atoms with E-state index in [0.29, 0.717) is 16.9 Å². The largest absolute Gasteiger partial charge is 0.399 e. The van der Waals surface area contributed by atoms with Crippen LogP contribution in [0.1, 0.15) is 10.4 Å². The van der Waals surface area contributed by atoms with Crippen molar-refractivity contribution in [1.29, 1.82) is 0 Å². The van der Waals surface area contributed by atoms with Crippen LogP contribution in [0.25, 0.3) is 0 Å². The van der Waals surface area contributed by atoms with E-state index in [1.807, 2.05) is 0 Å². The highest BCUT2D eigenvalue weighted by molar-refractivity contribution is 6.09. The van der Waals surface area contributed by atoms with E-state index in [4.69, 9.17) is 5.73 Å². The van der Waals surface area contributed by atoms with E-state index in [-0.39, 0.29) is 18.4 Å². The molecule has 78 valence electrons. The minimum Gasteiger partial charge on any atom is -0.399 e. The number of hydrogen-bond donors (Lipinski definition) is 2. The molecule has 0 aliphatic carbocycles. The van der Waals surface area contributed by atoms with Crippen LogP contribution in [0.3, 0.4) is 0 Å². The standard InChI is InChI=1S/C10H11N3O2/c1-13-8-3-2-6(11)4-7(8)10(15)12-5-9(13)14/h2-4H,5,11H2,1H3,(H,12,15). The van der Waals surface area contributed by atoms with Crippen LogP contribution in [0.2, 0.25) is 0 Å². The Hall–Kier alpha value is -2.04. The molecule has 0 saturated carbocycles. The molecule has 5 heteroatoms. The molecule has 3 N–H and O–H groups in total. The van der Waals surface area contributed by atoms with Gasteiger partial charge in [0.25, 0.3) is 5.91 Å². The number of nitrogens with two attached hydrogens (primary N) is 1. The van der Waals surface area contributed by atoms with Crippen molar-refractivity contribution in [2.24, 2.45) is 0 Å². The van der Waals surface area contributed by atoms with E-state index in [2.05, 4.69) is 5.32 Å². The molecule has 15 heavy (non-hydrogen) atoms. The summed E-state index contributed by atoms with van der Waals surface area (Å²) in [6.45, 7) is 0.0178. The second-order valence-corrected chi connectivity index (χ2v) is 3.41. The maximum absolute atomic E-state index is 11.6. The summed E-state index contributed by atoms with van der Waals surface area (Å²) in [4.78, 5) is 24.5. The summed E-state index contributed by atoms with van der Waals surface area (Å²) in [6, 6.07) is 4.91. The third kappa shape index (κ3) is 1.52. The maximum atomic E-state index is 11.6. The number of carbonyl (C=O) groups excluding carboxylic acids is 2. The average molecular weight is 205 g/mol. The van der Waals surface area contributed by atoms with Gasteiger partial charge in [0.1, 0.15) is 0 Å². The number of fused-ring (bicyclic) bond motifs is 1. The number of hydrogen-bond acceptors (Lipinski definition) is 3. The molecule has 2 rings (SSSR count). The lowest BCUT2D eigenvalue weighted by molar-refractivity contribution is -0.117. The lowest BCUT2D eigenvalue weighted by atomic mass is 10.1. The minimum atomic E-state index is -0.269. The van der Waals surface area contributed by atoms with Gasteiger partial charge >= 0.3 is 0 Å². The van der Waals surface area contributed by atoms with Crippen LogP contribution in [-0.4, -0.2) is 25.4 Å². The molecular weight excluding hydrogens is 194 g/mol. The number of nitrogens with one attached hydrogen (secondary N) is 1.